The average molecular weight is 249 g/mol. The Balaban J connectivity index is 2.98. The molecule has 0 bridgehead atoms. The first-order valence-corrected chi connectivity index (χ1v) is 7.28. The summed E-state index contributed by atoms with van der Waals surface area (Å²) in [5.74, 6) is 0. The van der Waals surface area contributed by atoms with E-state index >= 15 is 0 Å². The summed E-state index contributed by atoms with van der Waals surface area (Å²) in [4.78, 5) is 0. The third-order valence-corrected chi connectivity index (χ3v) is 4.35. The molecule has 0 saturated carbocycles. The highest BCUT2D eigenvalue weighted by Gasteiger charge is 2.24. The second kappa shape index (κ2) is 6.74. The van der Waals surface area contributed by atoms with Crippen molar-refractivity contribution in [3.05, 3.63) is 36.4 Å². The lowest BCUT2D eigenvalue weighted by Crippen LogP contribution is -2.42. The van der Waals surface area contributed by atoms with Crippen molar-refractivity contribution in [2.75, 3.05) is 0 Å². The quantitative estimate of drug-likeness (QED) is 0.722. The largest absolute Gasteiger partial charge is 0.424 e. The van der Waals surface area contributed by atoms with Crippen LogP contribution in [0.1, 0.15) is 33.3 Å². The Morgan fingerprint density at radius 2 is 1.59 bits per heavy atom. The van der Waals surface area contributed by atoms with Gasteiger partial charge in [0.1, 0.15) is 0 Å². The van der Waals surface area contributed by atoms with Gasteiger partial charge in [-0.3, -0.25) is 0 Å². The predicted octanol–water partition coefficient (Wildman–Crippen LogP) is 2.87. The van der Waals surface area contributed by atoms with Crippen molar-refractivity contribution in [1.82, 2.24) is 0 Å². The number of rotatable bonds is 6. The Bertz CT molecular complexity index is 351. The maximum Gasteiger partial charge on any atom is 0.424 e. The van der Waals surface area contributed by atoms with Crippen LogP contribution in [0.4, 0.5) is 0 Å². The lowest BCUT2D eigenvalue weighted by molar-refractivity contribution is 0.139. The Labute approximate surface area is 106 Å². The summed E-state index contributed by atoms with van der Waals surface area (Å²) < 4.78 is 11.8. The van der Waals surface area contributed by atoms with Crippen LogP contribution in [0, 0.1) is 0 Å². The van der Waals surface area contributed by atoms with E-state index in [1.807, 2.05) is 52.0 Å². The molecule has 0 aliphatic carbocycles. The first-order valence-electron chi connectivity index (χ1n) is 5.96. The molecule has 1 radical (unpaired) electrons. The maximum absolute atomic E-state index is 5.92. The average Bonchev–Trinajstić information content (AvgIpc) is 2.27. The van der Waals surface area contributed by atoms with E-state index in [1.165, 1.54) is 0 Å². The van der Waals surface area contributed by atoms with Gasteiger partial charge in [0.25, 0.3) is 0 Å². The minimum Gasteiger partial charge on any atom is -0.387 e. The van der Waals surface area contributed by atoms with Gasteiger partial charge in [-0.15, -0.1) is 0 Å². The highest BCUT2D eigenvalue weighted by Crippen LogP contribution is 2.06. The molecule has 0 aliphatic heterocycles. The highest BCUT2D eigenvalue weighted by molar-refractivity contribution is 6.62. The van der Waals surface area contributed by atoms with Crippen LogP contribution < -0.4 is 5.19 Å². The number of benzene rings is 1. The van der Waals surface area contributed by atoms with E-state index in [-0.39, 0.29) is 12.2 Å². The molecule has 93 valence electrons. The molecule has 0 fully saturated rings. The summed E-state index contributed by atoms with van der Waals surface area (Å²) in [5, 5.41) is 1.13. The highest BCUT2D eigenvalue weighted by atomic mass is 28.3. The summed E-state index contributed by atoms with van der Waals surface area (Å²) in [5.41, 5.74) is 1.10. The molecule has 1 rings (SSSR count). The van der Waals surface area contributed by atoms with Gasteiger partial charge in [0.2, 0.25) is 0 Å². The van der Waals surface area contributed by atoms with Crippen molar-refractivity contribution in [1.29, 1.82) is 0 Å². The fraction of sp³-hybridized carbons (Fsp3) is 0.429. The number of hydrogen-bond acceptors (Lipinski definition) is 2. The summed E-state index contributed by atoms with van der Waals surface area (Å²) in [6, 6.07) is 8.13. The Kier molecular flexibility index (Phi) is 5.61. The van der Waals surface area contributed by atoms with E-state index in [9.17, 15) is 0 Å². The monoisotopic (exact) mass is 249 g/mol. The predicted molar refractivity (Wildman–Crippen MR) is 74.4 cm³/mol. The molecule has 0 heterocycles. The molecule has 0 saturated heterocycles. The molecule has 0 atom stereocenters. The topological polar surface area (TPSA) is 18.5 Å². The normalized spacial score (nSPS) is 11.5. The van der Waals surface area contributed by atoms with Gasteiger partial charge in [-0.05, 0) is 33.3 Å². The summed E-state index contributed by atoms with van der Waals surface area (Å²) in [7, 11) is -1.43. The lowest BCUT2D eigenvalue weighted by Gasteiger charge is -2.21. The molecule has 3 heteroatoms. The van der Waals surface area contributed by atoms with E-state index in [4.69, 9.17) is 8.85 Å². The van der Waals surface area contributed by atoms with Crippen LogP contribution in [-0.2, 0) is 8.85 Å². The van der Waals surface area contributed by atoms with Crippen LogP contribution >= 0.6 is 0 Å². The zero-order valence-corrected chi connectivity index (χ0v) is 12.1. The van der Waals surface area contributed by atoms with Gasteiger partial charge in [0.05, 0.1) is 0 Å². The van der Waals surface area contributed by atoms with Crippen LogP contribution in [0.2, 0.25) is 0 Å². The van der Waals surface area contributed by atoms with E-state index in [0.29, 0.717) is 0 Å². The summed E-state index contributed by atoms with van der Waals surface area (Å²) >= 11 is 0. The fourth-order valence-electron chi connectivity index (χ4n) is 1.44. The first kappa shape index (κ1) is 14.2. The van der Waals surface area contributed by atoms with E-state index in [2.05, 4.69) is 12.6 Å². The zero-order chi connectivity index (χ0) is 12.8. The van der Waals surface area contributed by atoms with Gasteiger partial charge in [-0.2, -0.15) is 0 Å². The van der Waals surface area contributed by atoms with Gasteiger partial charge in [-0.25, -0.2) is 0 Å². The van der Waals surface area contributed by atoms with Crippen LogP contribution in [0.3, 0.4) is 0 Å². The molecule has 0 amide bonds. The molecule has 1 aromatic rings. The Morgan fingerprint density at radius 3 is 2.06 bits per heavy atom. The molecular weight excluding hydrogens is 228 g/mol. The summed E-state index contributed by atoms with van der Waals surface area (Å²) in [6.07, 6.45) is 2.19. The van der Waals surface area contributed by atoms with E-state index in [0.717, 1.165) is 10.8 Å². The van der Waals surface area contributed by atoms with Crippen LogP contribution in [-0.4, -0.2) is 21.5 Å². The van der Waals surface area contributed by atoms with E-state index < -0.39 is 9.28 Å². The molecule has 17 heavy (non-hydrogen) atoms. The molecule has 0 spiro atoms. The van der Waals surface area contributed by atoms with Crippen molar-refractivity contribution >= 4 is 20.5 Å². The lowest BCUT2D eigenvalue weighted by atomic mass is 10.2. The van der Waals surface area contributed by atoms with Crippen LogP contribution in [0.25, 0.3) is 6.08 Å². The molecule has 1 aromatic carbocycles. The van der Waals surface area contributed by atoms with E-state index in [1.54, 1.807) is 0 Å². The van der Waals surface area contributed by atoms with Crippen LogP contribution in [0.15, 0.2) is 30.8 Å². The second-order valence-corrected chi connectivity index (χ2v) is 6.00. The third kappa shape index (κ3) is 4.46. The first-order chi connectivity index (χ1) is 8.04. The van der Waals surface area contributed by atoms with Crippen molar-refractivity contribution < 1.29 is 8.85 Å². The molecular formula is C14H21O2Si. The fourth-order valence-corrected chi connectivity index (χ4v) is 3.26. The van der Waals surface area contributed by atoms with Gasteiger partial charge in [0.15, 0.2) is 0 Å². The van der Waals surface area contributed by atoms with Crippen molar-refractivity contribution in [2.45, 2.75) is 39.9 Å². The Morgan fingerprint density at radius 1 is 1.06 bits per heavy atom. The molecule has 0 aromatic heterocycles. The molecule has 0 unspecified atom stereocenters. The minimum absolute atomic E-state index is 0.167. The van der Waals surface area contributed by atoms with Gasteiger partial charge in [-0.1, -0.05) is 36.9 Å². The van der Waals surface area contributed by atoms with Gasteiger partial charge < -0.3 is 8.85 Å². The standard InChI is InChI=1S/C14H21O2Si/c1-6-13-9-7-8-10-14(13)17(15-11(2)3)16-12(4)5/h6-12H,1H2,2-5H3. The SMILES string of the molecule is C=Cc1ccccc1[Si](OC(C)C)OC(C)C. The second-order valence-electron chi connectivity index (χ2n) is 4.41. The van der Waals surface area contributed by atoms with Crippen LogP contribution in [0.5, 0.6) is 0 Å². The smallest absolute Gasteiger partial charge is 0.387 e. The zero-order valence-electron chi connectivity index (χ0n) is 11.1. The molecule has 2 nitrogen and oxygen atoms in total. The Hall–Kier alpha value is -0.903. The summed E-state index contributed by atoms with van der Waals surface area (Å²) in [6.45, 7) is 12.0. The molecule has 0 N–H and O–H groups in total. The van der Waals surface area contributed by atoms with Crippen molar-refractivity contribution in [3.8, 4) is 0 Å². The van der Waals surface area contributed by atoms with Crippen molar-refractivity contribution in [2.24, 2.45) is 0 Å². The number of hydrogen-bond donors (Lipinski definition) is 0. The van der Waals surface area contributed by atoms with Gasteiger partial charge in [0, 0.05) is 17.4 Å². The van der Waals surface area contributed by atoms with Crippen molar-refractivity contribution in [3.63, 3.8) is 0 Å². The molecule has 0 aliphatic rings. The maximum atomic E-state index is 5.92. The third-order valence-electron chi connectivity index (χ3n) is 2.09. The van der Waals surface area contributed by atoms with Gasteiger partial charge >= 0.3 is 9.28 Å². The minimum atomic E-state index is -1.43.